The lowest BCUT2D eigenvalue weighted by atomic mass is 10.0. The van der Waals surface area contributed by atoms with E-state index in [4.69, 9.17) is 9.72 Å². The van der Waals surface area contributed by atoms with Crippen molar-refractivity contribution in [2.75, 3.05) is 37.7 Å². The van der Waals surface area contributed by atoms with Crippen LogP contribution in [0.1, 0.15) is 28.0 Å². The number of aromatic nitrogens is 2. The fourth-order valence-corrected chi connectivity index (χ4v) is 4.46. The highest BCUT2D eigenvalue weighted by Gasteiger charge is 2.27. The average Bonchev–Trinajstić information content (AvgIpc) is 3.29. The Hall–Kier alpha value is -3.48. The second-order valence-electron chi connectivity index (χ2n) is 7.91. The minimum Gasteiger partial charge on any atom is -0.452 e. The minimum atomic E-state index is -0.433. The Balaban J connectivity index is 1.24. The zero-order valence-electron chi connectivity index (χ0n) is 17.3. The topological polar surface area (TPSA) is 75.6 Å². The first-order valence-corrected chi connectivity index (χ1v) is 10.7. The van der Waals surface area contributed by atoms with Gasteiger partial charge in [-0.2, -0.15) is 0 Å². The van der Waals surface area contributed by atoms with Gasteiger partial charge in [0.25, 0.3) is 5.91 Å². The molecule has 7 nitrogen and oxygen atoms in total. The maximum Gasteiger partial charge on any atom is 0.339 e. The molecular formula is C24H24N4O3. The number of aryl methyl sites for hydroxylation is 1. The molecule has 3 heterocycles. The van der Waals surface area contributed by atoms with Gasteiger partial charge in [-0.3, -0.25) is 9.78 Å². The number of anilines is 1. The minimum absolute atomic E-state index is 0.163. The number of pyridine rings is 2. The molecule has 0 N–H and O–H groups in total. The Labute approximate surface area is 180 Å². The number of esters is 1. The van der Waals surface area contributed by atoms with Crippen molar-refractivity contribution in [2.45, 2.75) is 19.3 Å². The van der Waals surface area contributed by atoms with E-state index >= 15 is 0 Å². The summed E-state index contributed by atoms with van der Waals surface area (Å²) in [6.45, 7) is 2.34. The molecule has 2 aliphatic rings. The van der Waals surface area contributed by atoms with Crippen molar-refractivity contribution in [3.05, 3.63) is 65.5 Å². The lowest BCUT2D eigenvalue weighted by Gasteiger charge is -2.35. The Morgan fingerprint density at radius 3 is 2.58 bits per heavy atom. The summed E-state index contributed by atoms with van der Waals surface area (Å²) < 4.78 is 5.50. The molecule has 0 radical (unpaired) electrons. The van der Waals surface area contributed by atoms with Crippen LogP contribution in [0.2, 0.25) is 0 Å². The fraction of sp³-hybridized carbons (Fsp3) is 0.333. The Kier molecular flexibility index (Phi) is 5.24. The van der Waals surface area contributed by atoms with Gasteiger partial charge in [0.05, 0.1) is 11.1 Å². The number of para-hydroxylation sites is 1. The van der Waals surface area contributed by atoms with E-state index in [-0.39, 0.29) is 12.5 Å². The van der Waals surface area contributed by atoms with Gasteiger partial charge in [0.2, 0.25) is 0 Å². The maximum absolute atomic E-state index is 13.0. The number of ether oxygens (including phenoxy) is 1. The molecule has 5 rings (SSSR count). The third-order valence-electron chi connectivity index (χ3n) is 6.06. The molecule has 2 aromatic heterocycles. The first-order valence-electron chi connectivity index (χ1n) is 10.7. The van der Waals surface area contributed by atoms with E-state index in [1.165, 1.54) is 0 Å². The second kappa shape index (κ2) is 8.34. The lowest BCUT2D eigenvalue weighted by Crippen LogP contribution is -2.50. The Morgan fingerprint density at radius 2 is 1.77 bits per heavy atom. The van der Waals surface area contributed by atoms with Crippen molar-refractivity contribution in [1.82, 2.24) is 14.9 Å². The van der Waals surface area contributed by atoms with Gasteiger partial charge >= 0.3 is 5.97 Å². The molecule has 3 aromatic rings. The van der Waals surface area contributed by atoms with E-state index in [1.54, 1.807) is 11.1 Å². The number of benzene rings is 1. The number of nitrogens with zero attached hydrogens (tertiary/aromatic N) is 4. The van der Waals surface area contributed by atoms with Crippen LogP contribution in [0.25, 0.3) is 10.9 Å². The third kappa shape index (κ3) is 3.83. The lowest BCUT2D eigenvalue weighted by molar-refractivity contribution is -0.134. The van der Waals surface area contributed by atoms with E-state index in [9.17, 15) is 9.59 Å². The fourth-order valence-electron chi connectivity index (χ4n) is 4.46. The summed E-state index contributed by atoms with van der Waals surface area (Å²) in [7, 11) is 0. The van der Waals surface area contributed by atoms with Gasteiger partial charge in [0, 0.05) is 43.5 Å². The molecule has 0 atom stereocenters. The molecule has 158 valence electrons. The summed E-state index contributed by atoms with van der Waals surface area (Å²) in [5.41, 5.74) is 3.32. The number of hydrogen-bond acceptors (Lipinski definition) is 6. The van der Waals surface area contributed by atoms with Crippen LogP contribution in [0.5, 0.6) is 0 Å². The zero-order valence-corrected chi connectivity index (χ0v) is 17.3. The standard InChI is InChI=1S/C24H24N4O3/c29-22(28-14-12-27(13-15-28)21-10-3-4-11-25-21)16-31-24(30)23-17-6-1-2-8-19(17)26-20-9-5-7-18(20)23/h1-4,6,8,10-11H,5,7,9,12-16H2. The molecule has 0 spiro atoms. The third-order valence-corrected chi connectivity index (χ3v) is 6.06. The normalized spacial score (nSPS) is 15.7. The van der Waals surface area contributed by atoms with Crippen molar-refractivity contribution >= 4 is 28.6 Å². The average molecular weight is 416 g/mol. The quantitative estimate of drug-likeness (QED) is 0.609. The summed E-state index contributed by atoms with van der Waals surface area (Å²) in [6, 6.07) is 13.4. The summed E-state index contributed by atoms with van der Waals surface area (Å²) in [6.07, 6.45) is 4.45. The predicted molar refractivity (Wildman–Crippen MR) is 117 cm³/mol. The van der Waals surface area contributed by atoms with Crippen LogP contribution in [-0.4, -0.2) is 59.5 Å². The van der Waals surface area contributed by atoms with Crippen molar-refractivity contribution in [2.24, 2.45) is 0 Å². The van der Waals surface area contributed by atoms with Crippen LogP contribution >= 0.6 is 0 Å². The molecular weight excluding hydrogens is 392 g/mol. The maximum atomic E-state index is 13.0. The van der Waals surface area contributed by atoms with Crippen LogP contribution < -0.4 is 4.90 Å². The monoisotopic (exact) mass is 416 g/mol. The van der Waals surface area contributed by atoms with Crippen LogP contribution in [0.3, 0.4) is 0 Å². The van der Waals surface area contributed by atoms with Crippen molar-refractivity contribution < 1.29 is 14.3 Å². The van der Waals surface area contributed by atoms with Crippen LogP contribution in [0, 0.1) is 0 Å². The molecule has 7 heteroatoms. The molecule has 0 bridgehead atoms. The van der Waals surface area contributed by atoms with Gasteiger partial charge in [-0.1, -0.05) is 24.3 Å². The summed E-state index contributed by atoms with van der Waals surface area (Å²) in [4.78, 5) is 38.7. The van der Waals surface area contributed by atoms with Crippen LogP contribution in [-0.2, 0) is 22.4 Å². The van der Waals surface area contributed by atoms with E-state index < -0.39 is 5.97 Å². The number of piperazine rings is 1. The van der Waals surface area contributed by atoms with Gasteiger partial charge in [0.1, 0.15) is 5.82 Å². The predicted octanol–water partition coefficient (Wildman–Crippen LogP) is 2.62. The van der Waals surface area contributed by atoms with Crippen molar-refractivity contribution in [3.8, 4) is 0 Å². The van der Waals surface area contributed by atoms with Gasteiger partial charge < -0.3 is 14.5 Å². The van der Waals surface area contributed by atoms with Crippen molar-refractivity contribution in [3.63, 3.8) is 0 Å². The Bertz CT molecular complexity index is 1120. The van der Waals surface area contributed by atoms with Gasteiger partial charge in [-0.05, 0) is 43.0 Å². The molecule has 1 amide bonds. The van der Waals surface area contributed by atoms with Crippen LogP contribution in [0.15, 0.2) is 48.7 Å². The summed E-state index contributed by atoms with van der Waals surface area (Å²) in [5.74, 6) is 0.320. The SMILES string of the molecule is O=C(OCC(=O)N1CCN(c2ccccn2)CC1)c1c2c(nc3ccccc13)CCC2. The number of fused-ring (bicyclic) bond motifs is 2. The highest BCUT2D eigenvalue weighted by Crippen LogP contribution is 2.30. The molecule has 1 aromatic carbocycles. The summed E-state index contributed by atoms with van der Waals surface area (Å²) in [5, 5.41) is 0.796. The summed E-state index contributed by atoms with van der Waals surface area (Å²) >= 11 is 0. The molecule has 1 aliphatic carbocycles. The van der Waals surface area contributed by atoms with Gasteiger partial charge in [-0.25, -0.2) is 9.78 Å². The molecule has 0 saturated carbocycles. The first kappa shape index (κ1) is 19.5. The highest BCUT2D eigenvalue weighted by atomic mass is 16.5. The van der Waals surface area contributed by atoms with E-state index in [0.717, 1.165) is 47.2 Å². The number of rotatable bonds is 4. The van der Waals surface area contributed by atoms with E-state index in [2.05, 4.69) is 9.88 Å². The van der Waals surface area contributed by atoms with Gasteiger partial charge in [-0.15, -0.1) is 0 Å². The van der Waals surface area contributed by atoms with E-state index in [1.807, 2.05) is 42.5 Å². The van der Waals surface area contributed by atoms with Crippen LogP contribution in [0.4, 0.5) is 5.82 Å². The number of amides is 1. The number of carbonyl (C=O) groups excluding carboxylic acids is 2. The smallest absolute Gasteiger partial charge is 0.339 e. The molecule has 0 unspecified atom stereocenters. The second-order valence-corrected chi connectivity index (χ2v) is 7.91. The number of carbonyl (C=O) groups is 2. The largest absolute Gasteiger partial charge is 0.452 e. The molecule has 31 heavy (non-hydrogen) atoms. The molecule has 1 aliphatic heterocycles. The first-order chi connectivity index (χ1) is 15.2. The Morgan fingerprint density at radius 1 is 0.968 bits per heavy atom. The molecule has 1 saturated heterocycles. The van der Waals surface area contributed by atoms with E-state index in [0.29, 0.717) is 31.7 Å². The van der Waals surface area contributed by atoms with Gasteiger partial charge in [0.15, 0.2) is 6.61 Å². The van der Waals surface area contributed by atoms with Crippen molar-refractivity contribution in [1.29, 1.82) is 0 Å². The zero-order chi connectivity index (χ0) is 21.2. The molecule has 1 fully saturated rings. The number of hydrogen-bond donors (Lipinski definition) is 0. The highest BCUT2D eigenvalue weighted by molar-refractivity contribution is 6.05.